The highest BCUT2D eigenvalue weighted by Gasteiger charge is 2.08. The van der Waals surface area contributed by atoms with Crippen LogP contribution in [0, 0.1) is 0 Å². The zero-order chi connectivity index (χ0) is 15.0. The molecule has 1 amide bonds. The Morgan fingerprint density at radius 2 is 2.20 bits per heavy atom. The zero-order valence-corrected chi connectivity index (χ0v) is 11.1. The first kappa shape index (κ1) is 15.6. The Kier molecular flexibility index (Phi) is 6.11. The van der Waals surface area contributed by atoms with Gasteiger partial charge in [-0.1, -0.05) is 11.2 Å². The molecular formula is C12H18N4O4. The predicted molar refractivity (Wildman–Crippen MR) is 72.7 cm³/mol. The summed E-state index contributed by atoms with van der Waals surface area (Å²) in [5.41, 5.74) is 11.8. The van der Waals surface area contributed by atoms with Crippen molar-refractivity contribution in [3.63, 3.8) is 0 Å². The Bertz CT molecular complexity index is 490. The Morgan fingerprint density at radius 1 is 1.45 bits per heavy atom. The number of methoxy groups -OCH3 is 1. The van der Waals surface area contributed by atoms with Gasteiger partial charge in [-0.15, -0.1) is 0 Å². The summed E-state index contributed by atoms with van der Waals surface area (Å²) < 4.78 is 9.71. The molecule has 0 bridgehead atoms. The number of amides is 1. The van der Waals surface area contributed by atoms with Gasteiger partial charge in [0.2, 0.25) is 0 Å². The van der Waals surface area contributed by atoms with E-state index in [-0.39, 0.29) is 12.4 Å². The Balaban J connectivity index is 2.61. The molecule has 0 atom stereocenters. The van der Waals surface area contributed by atoms with Crippen molar-refractivity contribution in [3.05, 3.63) is 29.3 Å². The molecule has 1 aromatic carbocycles. The molecule has 0 heterocycles. The van der Waals surface area contributed by atoms with E-state index in [0.29, 0.717) is 24.4 Å². The lowest BCUT2D eigenvalue weighted by Crippen LogP contribution is -2.23. The molecule has 20 heavy (non-hydrogen) atoms. The summed E-state index contributed by atoms with van der Waals surface area (Å²) in [6, 6.07) is 5.31. The van der Waals surface area contributed by atoms with Crippen LogP contribution >= 0.6 is 0 Å². The summed E-state index contributed by atoms with van der Waals surface area (Å²) >= 11 is 0. The van der Waals surface area contributed by atoms with E-state index < -0.39 is 6.09 Å². The molecule has 0 aliphatic rings. The van der Waals surface area contributed by atoms with E-state index >= 15 is 0 Å². The third-order valence-electron chi connectivity index (χ3n) is 2.50. The minimum Gasteiger partial charge on any atom is -0.496 e. The maximum Gasteiger partial charge on any atom is 0.404 e. The van der Waals surface area contributed by atoms with E-state index in [4.69, 9.17) is 21.4 Å². The summed E-state index contributed by atoms with van der Waals surface area (Å²) in [7, 11) is 1.50. The molecule has 0 unspecified atom stereocenters. The first-order chi connectivity index (χ1) is 9.58. The number of primary amides is 1. The second-order valence-corrected chi connectivity index (χ2v) is 3.86. The van der Waals surface area contributed by atoms with Crippen LogP contribution in [0.25, 0.3) is 0 Å². The largest absolute Gasteiger partial charge is 0.496 e. The number of nitrogens with one attached hydrogen (secondary N) is 1. The molecule has 0 aliphatic heterocycles. The van der Waals surface area contributed by atoms with Crippen molar-refractivity contribution in [1.29, 1.82) is 0 Å². The van der Waals surface area contributed by atoms with Gasteiger partial charge in [-0.3, -0.25) is 0 Å². The molecule has 0 aliphatic carbocycles. The van der Waals surface area contributed by atoms with Crippen molar-refractivity contribution in [2.75, 3.05) is 20.3 Å². The van der Waals surface area contributed by atoms with Crippen LogP contribution in [0.15, 0.2) is 23.4 Å². The number of ether oxygens (including phenoxy) is 2. The lowest BCUT2D eigenvalue weighted by atomic mass is 10.1. The first-order valence-corrected chi connectivity index (χ1v) is 5.86. The van der Waals surface area contributed by atoms with Crippen LogP contribution in [0.5, 0.6) is 5.75 Å². The molecule has 0 fully saturated rings. The molecule has 0 saturated carbocycles. The third-order valence-corrected chi connectivity index (χ3v) is 2.50. The molecular weight excluding hydrogens is 264 g/mol. The number of amidine groups is 1. The van der Waals surface area contributed by atoms with Crippen LogP contribution in [0.4, 0.5) is 4.79 Å². The van der Waals surface area contributed by atoms with Crippen LogP contribution in [-0.4, -0.2) is 37.4 Å². The molecule has 0 saturated heterocycles. The van der Waals surface area contributed by atoms with Gasteiger partial charge in [0.05, 0.1) is 12.7 Å². The van der Waals surface area contributed by atoms with Gasteiger partial charge in [0.25, 0.3) is 0 Å². The highest BCUT2D eigenvalue weighted by atomic mass is 16.5. The van der Waals surface area contributed by atoms with Crippen molar-refractivity contribution in [2.24, 2.45) is 16.6 Å². The quantitative estimate of drug-likeness (QED) is 0.182. The van der Waals surface area contributed by atoms with E-state index in [1.54, 1.807) is 12.1 Å². The van der Waals surface area contributed by atoms with Gasteiger partial charge in [0.1, 0.15) is 12.4 Å². The molecule has 1 rings (SSSR count). The van der Waals surface area contributed by atoms with Crippen LogP contribution in [0.1, 0.15) is 11.1 Å². The van der Waals surface area contributed by atoms with Crippen LogP contribution in [-0.2, 0) is 11.3 Å². The summed E-state index contributed by atoms with van der Waals surface area (Å²) in [6.45, 7) is 1.18. The fourth-order valence-electron chi connectivity index (χ4n) is 1.58. The summed E-state index contributed by atoms with van der Waals surface area (Å²) in [6.07, 6.45) is -0.800. The minimum absolute atomic E-state index is 0.0271. The average Bonchev–Trinajstić information content (AvgIpc) is 2.45. The van der Waals surface area contributed by atoms with Gasteiger partial charge in [-0.05, 0) is 17.7 Å². The molecule has 1 aromatic rings. The topological polar surface area (TPSA) is 132 Å². The van der Waals surface area contributed by atoms with E-state index in [2.05, 4.69) is 15.2 Å². The maximum atomic E-state index is 10.4. The van der Waals surface area contributed by atoms with Gasteiger partial charge in [0.15, 0.2) is 5.84 Å². The number of hydrogen-bond donors (Lipinski definition) is 4. The van der Waals surface area contributed by atoms with Gasteiger partial charge >= 0.3 is 6.09 Å². The number of hydrogen-bond acceptors (Lipinski definition) is 6. The molecule has 0 spiro atoms. The van der Waals surface area contributed by atoms with Crippen molar-refractivity contribution in [3.8, 4) is 5.75 Å². The maximum absolute atomic E-state index is 10.4. The van der Waals surface area contributed by atoms with Gasteiger partial charge < -0.3 is 31.5 Å². The number of oxime groups is 1. The number of carbonyl (C=O) groups is 1. The third kappa shape index (κ3) is 4.65. The summed E-state index contributed by atoms with van der Waals surface area (Å²) in [5, 5.41) is 14.8. The van der Waals surface area contributed by atoms with Gasteiger partial charge in [0, 0.05) is 13.1 Å². The summed E-state index contributed by atoms with van der Waals surface area (Å²) in [5.74, 6) is 0.488. The lowest BCUT2D eigenvalue weighted by molar-refractivity contribution is 0.157. The zero-order valence-electron chi connectivity index (χ0n) is 11.1. The fraction of sp³-hybridized carbons (Fsp3) is 0.333. The molecule has 8 heteroatoms. The van der Waals surface area contributed by atoms with Crippen molar-refractivity contribution < 1.29 is 19.5 Å². The lowest BCUT2D eigenvalue weighted by Gasteiger charge is -2.10. The monoisotopic (exact) mass is 282 g/mol. The molecule has 6 N–H and O–H groups in total. The number of nitrogens with zero attached hydrogens (tertiary/aromatic N) is 1. The number of benzene rings is 1. The Labute approximate surface area is 116 Å². The molecule has 0 aromatic heterocycles. The number of nitrogens with two attached hydrogens (primary N) is 2. The van der Waals surface area contributed by atoms with Crippen molar-refractivity contribution >= 4 is 11.9 Å². The van der Waals surface area contributed by atoms with Crippen LogP contribution < -0.4 is 21.5 Å². The molecule has 110 valence electrons. The van der Waals surface area contributed by atoms with Crippen LogP contribution in [0.3, 0.4) is 0 Å². The van der Waals surface area contributed by atoms with Gasteiger partial charge in [-0.25, -0.2) is 4.79 Å². The van der Waals surface area contributed by atoms with Crippen molar-refractivity contribution in [2.45, 2.75) is 6.54 Å². The number of carbonyl (C=O) groups excluding carboxylic acids is 1. The highest BCUT2D eigenvalue weighted by Crippen LogP contribution is 2.19. The van der Waals surface area contributed by atoms with Crippen LogP contribution in [0.2, 0.25) is 0 Å². The normalized spacial score (nSPS) is 11.2. The SMILES string of the molecule is COc1ccc(CNCCOC(N)=O)cc1/C(N)=N/O. The second kappa shape index (κ2) is 7.85. The van der Waals surface area contributed by atoms with E-state index in [1.807, 2.05) is 6.07 Å². The summed E-state index contributed by atoms with van der Waals surface area (Å²) in [4.78, 5) is 10.4. The second-order valence-electron chi connectivity index (χ2n) is 3.86. The predicted octanol–water partition coefficient (Wildman–Crippen LogP) is -0.0254. The highest BCUT2D eigenvalue weighted by molar-refractivity contribution is 5.99. The van der Waals surface area contributed by atoms with Gasteiger partial charge in [-0.2, -0.15) is 0 Å². The van der Waals surface area contributed by atoms with E-state index in [0.717, 1.165) is 5.56 Å². The standard InChI is InChI=1S/C12H18N4O4/c1-19-10-3-2-8(6-9(10)11(13)16-18)7-15-4-5-20-12(14)17/h2-3,6,15,18H,4-5,7H2,1H3,(H2,13,16)(H2,14,17). The Hall–Kier alpha value is -2.48. The van der Waals surface area contributed by atoms with E-state index in [9.17, 15) is 4.79 Å². The fourth-order valence-corrected chi connectivity index (χ4v) is 1.58. The Morgan fingerprint density at radius 3 is 2.80 bits per heavy atom. The smallest absolute Gasteiger partial charge is 0.404 e. The number of rotatable bonds is 7. The molecule has 8 nitrogen and oxygen atoms in total. The molecule has 0 radical (unpaired) electrons. The van der Waals surface area contributed by atoms with E-state index in [1.165, 1.54) is 7.11 Å². The minimum atomic E-state index is -0.800. The van der Waals surface area contributed by atoms with Crippen molar-refractivity contribution in [1.82, 2.24) is 5.32 Å². The first-order valence-electron chi connectivity index (χ1n) is 5.86. The average molecular weight is 282 g/mol.